The molecule has 0 spiro atoms. The largest absolute Gasteiger partial charge is 0.390 e. The summed E-state index contributed by atoms with van der Waals surface area (Å²) in [5.74, 6) is 1.26. The molecule has 2 N–H and O–H groups in total. The van der Waals surface area contributed by atoms with Crippen molar-refractivity contribution >= 4 is 5.91 Å². The predicted octanol–water partition coefficient (Wildman–Crippen LogP) is 1.65. The summed E-state index contributed by atoms with van der Waals surface area (Å²) in [4.78, 5) is 14.4. The fourth-order valence-corrected chi connectivity index (χ4v) is 4.41. The molecule has 3 unspecified atom stereocenters. The van der Waals surface area contributed by atoms with Crippen LogP contribution in [0.25, 0.3) is 0 Å². The first kappa shape index (κ1) is 18.7. The van der Waals surface area contributed by atoms with E-state index in [4.69, 9.17) is 4.74 Å². The molecule has 2 fully saturated rings. The molecule has 5 nitrogen and oxygen atoms in total. The van der Waals surface area contributed by atoms with Crippen molar-refractivity contribution in [3.8, 4) is 0 Å². The molecule has 1 saturated carbocycles. The van der Waals surface area contributed by atoms with E-state index >= 15 is 0 Å². The number of nitrogens with one attached hydrogen (secondary N) is 1. The van der Waals surface area contributed by atoms with E-state index in [1.165, 1.54) is 6.42 Å². The number of carbonyl (C=O) groups excluding carboxylic acids is 1. The number of aliphatic hydroxyl groups is 1. The van der Waals surface area contributed by atoms with E-state index in [1.807, 2.05) is 0 Å². The summed E-state index contributed by atoms with van der Waals surface area (Å²) in [6, 6.07) is 0. The van der Waals surface area contributed by atoms with Crippen molar-refractivity contribution in [3.63, 3.8) is 0 Å². The molecule has 0 radical (unpaired) electrons. The van der Waals surface area contributed by atoms with Gasteiger partial charge in [0, 0.05) is 32.6 Å². The van der Waals surface area contributed by atoms with Gasteiger partial charge >= 0.3 is 0 Å². The maximum Gasteiger partial charge on any atom is 0.220 e. The highest BCUT2D eigenvalue weighted by Gasteiger charge is 2.32. The van der Waals surface area contributed by atoms with Gasteiger partial charge in [0.2, 0.25) is 5.91 Å². The van der Waals surface area contributed by atoms with Crippen LogP contribution in [-0.2, 0) is 9.53 Å². The van der Waals surface area contributed by atoms with Crippen molar-refractivity contribution in [2.45, 2.75) is 52.6 Å². The first-order chi connectivity index (χ1) is 10.8. The number of rotatable bonds is 6. The highest BCUT2D eigenvalue weighted by Crippen LogP contribution is 2.42. The summed E-state index contributed by atoms with van der Waals surface area (Å²) in [7, 11) is 0. The minimum atomic E-state index is -0.501. The third-order valence-corrected chi connectivity index (χ3v) is 5.06. The van der Waals surface area contributed by atoms with E-state index in [-0.39, 0.29) is 5.91 Å². The molecule has 5 heteroatoms. The molecular weight excluding hydrogens is 292 g/mol. The van der Waals surface area contributed by atoms with Crippen LogP contribution in [0, 0.1) is 17.3 Å². The lowest BCUT2D eigenvalue weighted by atomic mass is 9.67. The molecule has 134 valence electrons. The highest BCUT2D eigenvalue weighted by molar-refractivity contribution is 5.76. The van der Waals surface area contributed by atoms with Crippen LogP contribution in [0.15, 0.2) is 0 Å². The van der Waals surface area contributed by atoms with Gasteiger partial charge in [-0.1, -0.05) is 20.8 Å². The first-order valence-corrected chi connectivity index (χ1v) is 9.09. The molecule has 23 heavy (non-hydrogen) atoms. The molecule has 0 aromatic rings. The molecule has 0 aromatic carbocycles. The van der Waals surface area contributed by atoms with Gasteiger partial charge in [-0.15, -0.1) is 0 Å². The van der Waals surface area contributed by atoms with Crippen LogP contribution in [0.1, 0.15) is 46.5 Å². The fraction of sp³-hybridized carbons (Fsp3) is 0.944. The predicted molar refractivity (Wildman–Crippen MR) is 91.2 cm³/mol. The average Bonchev–Trinajstić information content (AvgIpc) is 2.44. The number of nitrogens with zero attached hydrogens (tertiary/aromatic N) is 1. The maximum atomic E-state index is 12.2. The minimum absolute atomic E-state index is 0.0842. The summed E-state index contributed by atoms with van der Waals surface area (Å²) in [6.45, 7) is 11.0. The Morgan fingerprint density at radius 1 is 1.35 bits per heavy atom. The summed E-state index contributed by atoms with van der Waals surface area (Å²) >= 11 is 0. The summed E-state index contributed by atoms with van der Waals surface area (Å²) < 4.78 is 5.30. The number of ether oxygens (including phenoxy) is 1. The van der Waals surface area contributed by atoms with Gasteiger partial charge in [-0.25, -0.2) is 0 Å². The topological polar surface area (TPSA) is 61.8 Å². The highest BCUT2D eigenvalue weighted by atomic mass is 16.5. The van der Waals surface area contributed by atoms with Crippen LogP contribution in [0.3, 0.4) is 0 Å². The van der Waals surface area contributed by atoms with E-state index in [0.29, 0.717) is 36.8 Å². The van der Waals surface area contributed by atoms with Crippen LogP contribution >= 0.6 is 0 Å². The number of hydrogen-bond acceptors (Lipinski definition) is 4. The lowest BCUT2D eigenvalue weighted by molar-refractivity contribution is -0.123. The Labute approximate surface area is 140 Å². The summed E-state index contributed by atoms with van der Waals surface area (Å²) in [5, 5.41) is 13.0. The zero-order valence-electron chi connectivity index (χ0n) is 15.0. The smallest absolute Gasteiger partial charge is 0.220 e. The number of β-amino-alcohol motifs (C(OH)–C–C–N with tert-alkyl or cyclic N) is 1. The second kappa shape index (κ2) is 8.45. The van der Waals surface area contributed by atoms with Gasteiger partial charge < -0.3 is 15.2 Å². The normalized spacial score (nSPS) is 29.9. The van der Waals surface area contributed by atoms with Gasteiger partial charge in [0.25, 0.3) is 0 Å². The second-order valence-corrected chi connectivity index (χ2v) is 8.35. The van der Waals surface area contributed by atoms with Gasteiger partial charge in [0.1, 0.15) is 0 Å². The van der Waals surface area contributed by atoms with Gasteiger partial charge in [-0.2, -0.15) is 0 Å². The van der Waals surface area contributed by atoms with Gasteiger partial charge in [-0.3, -0.25) is 9.69 Å². The number of aliphatic hydroxyl groups excluding tert-OH is 1. The van der Waals surface area contributed by atoms with Crippen LogP contribution in [-0.4, -0.2) is 61.4 Å². The Morgan fingerprint density at radius 2 is 2.04 bits per heavy atom. The van der Waals surface area contributed by atoms with Crippen molar-refractivity contribution in [3.05, 3.63) is 0 Å². The van der Waals surface area contributed by atoms with Crippen molar-refractivity contribution < 1.29 is 14.6 Å². The molecule has 2 rings (SSSR count). The van der Waals surface area contributed by atoms with Crippen molar-refractivity contribution in [1.29, 1.82) is 0 Å². The number of carbonyl (C=O) groups is 1. The third kappa shape index (κ3) is 6.77. The quantitative estimate of drug-likeness (QED) is 0.779. The zero-order chi connectivity index (χ0) is 16.9. The number of morpholine rings is 1. The van der Waals surface area contributed by atoms with E-state index in [2.05, 4.69) is 31.0 Å². The summed E-state index contributed by atoms with van der Waals surface area (Å²) in [5.41, 5.74) is 0.346. The lowest BCUT2D eigenvalue weighted by Crippen LogP contribution is -2.44. The Morgan fingerprint density at radius 3 is 2.70 bits per heavy atom. The fourth-order valence-electron chi connectivity index (χ4n) is 4.41. The monoisotopic (exact) mass is 326 g/mol. The third-order valence-electron chi connectivity index (χ3n) is 5.06. The molecule has 1 heterocycles. The minimum Gasteiger partial charge on any atom is -0.390 e. The van der Waals surface area contributed by atoms with Crippen LogP contribution < -0.4 is 5.32 Å². The number of hydrogen-bond donors (Lipinski definition) is 2. The molecule has 1 saturated heterocycles. The molecule has 0 aromatic heterocycles. The second-order valence-electron chi connectivity index (χ2n) is 8.35. The molecule has 2 aliphatic rings. The first-order valence-electron chi connectivity index (χ1n) is 9.09. The van der Waals surface area contributed by atoms with Crippen LogP contribution in [0.4, 0.5) is 0 Å². The number of amides is 1. The van der Waals surface area contributed by atoms with Crippen molar-refractivity contribution in [1.82, 2.24) is 10.2 Å². The van der Waals surface area contributed by atoms with E-state index < -0.39 is 6.10 Å². The lowest BCUT2D eigenvalue weighted by Gasteiger charge is -2.38. The SMILES string of the molecule is CC1CC(CC(=O)NCC(O)CN2CCOCC2)CC(C)(C)C1. The standard InChI is InChI=1S/C18H34N2O3/c1-14-8-15(11-18(2,3)10-14)9-17(22)19-12-16(21)13-20-4-6-23-7-5-20/h14-16,21H,4-13H2,1-3H3,(H,19,22). The Hall–Kier alpha value is -0.650. The van der Waals surface area contributed by atoms with Crippen LogP contribution in [0.2, 0.25) is 0 Å². The van der Waals surface area contributed by atoms with E-state index in [9.17, 15) is 9.90 Å². The molecular formula is C18H34N2O3. The molecule has 1 aliphatic carbocycles. The van der Waals surface area contributed by atoms with Gasteiger partial charge in [0.05, 0.1) is 19.3 Å². The maximum absolute atomic E-state index is 12.2. The van der Waals surface area contributed by atoms with E-state index in [0.717, 1.165) is 39.1 Å². The molecule has 3 atom stereocenters. The molecule has 0 bridgehead atoms. The molecule has 1 aliphatic heterocycles. The summed E-state index contributed by atoms with van der Waals surface area (Å²) in [6.07, 6.45) is 3.62. The van der Waals surface area contributed by atoms with E-state index in [1.54, 1.807) is 0 Å². The Bertz CT molecular complexity index is 380. The zero-order valence-corrected chi connectivity index (χ0v) is 15.0. The average molecular weight is 326 g/mol. The van der Waals surface area contributed by atoms with Crippen molar-refractivity contribution in [2.24, 2.45) is 17.3 Å². The Kier molecular flexibility index (Phi) is 6.86. The van der Waals surface area contributed by atoms with Gasteiger partial charge in [0.15, 0.2) is 0 Å². The van der Waals surface area contributed by atoms with Gasteiger partial charge in [-0.05, 0) is 36.5 Å². The Balaban J connectivity index is 1.66. The molecule has 1 amide bonds. The van der Waals surface area contributed by atoms with Crippen molar-refractivity contribution in [2.75, 3.05) is 39.4 Å². The van der Waals surface area contributed by atoms with Crippen LogP contribution in [0.5, 0.6) is 0 Å².